The average Bonchev–Trinajstić information content (AvgIpc) is 2.41. The Morgan fingerprint density at radius 2 is 2.15 bits per heavy atom. The number of hydrogen-bond donors (Lipinski definition) is 1. The summed E-state index contributed by atoms with van der Waals surface area (Å²) in [4.78, 5) is 18.1. The molecule has 0 unspecified atom stereocenters. The highest BCUT2D eigenvalue weighted by atomic mass is 16.5. The van der Waals surface area contributed by atoms with Crippen LogP contribution in [0.25, 0.3) is 0 Å². The van der Waals surface area contributed by atoms with Crippen LogP contribution in [0.2, 0.25) is 0 Å². The molecule has 1 aromatic carbocycles. The number of anilines is 1. The largest absolute Gasteiger partial charge is 0.368 e. The van der Waals surface area contributed by atoms with Crippen LogP contribution in [0.4, 0.5) is 11.4 Å². The molecule has 0 spiro atoms. The van der Waals surface area contributed by atoms with Gasteiger partial charge in [0.2, 0.25) is 5.91 Å². The zero-order valence-electron chi connectivity index (χ0n) is 12.2. The first-order valence-electron chi connectivity index (χ1n) is 6.34. The average molecular weight is 275 g/mol. The fraction of sp³-hybridized carbons (Fsp3) is 0.333. The van der Waals surface area contributed by atoms with Crippen LogP contribution in [0.1, 0.15) is 6.92 Å². The quantitative estimate of drug-likeness (QED) is 0.375. The van der Waals surface area contributed by atoms with Crippen LogP contribution in [0.15, 0.2) is 41.9 Å². The Morgan fingerprint density at radius 1 is 1.45 bits per heavy atom. The fourth-order valence-electron chi connectivity index (χ4n) is 1.37. The van der Waals surface area contributed by atoms with Crippen molar-refractivity contribution in [2.75, 3.05) is 32.6 Å². The van der Waals surface area contributed by atoms with Gasteiger partial charge in [0.05, 0.1) is 18.0 Å². The molecule has 1 amide bonds. The number of rotatable bonds is 6. The van der Waals surface area contributed by atoms with Gasteiger partial charge in [-0.2, -0.15) is 0 Å². The molecule has 0 aromatic heterocycles. The van der Waals surface area contributed by atoms with Crippen LogP contribution in [0.5, 0.6) is 0 Å². The van der Waals surface area contributed by atoms with E-state index in [9.17, 15) is 4.79 Å². The van der Waals surface area contributed by atoms with Crippen LogP contribution in [0, 0.1) is 0 Å². The van der Waals surface area contributed by atoms with Crippen molar-refractivity contribution >= 4 is 23.1 Å². The Labute approximate surface area is 120 Å². The summed E-state index contributed by atoms with van der Waals surface area (Å²) in [5.74, 6) is 0.645. The first-order chi connectivity index (χ1) is 9.54. The number of ether oxygens (including phenoxy) is 1. The second kappa shape index (κ2) is 8.12. The molecule has 0 aliphatic heterocycles. The second-order valence-corrected chi connectivity index (χ2v) is 4.42. The topological polar surface area (TPSA) is 53.9 Å². The van der Waals surface area contributed by atoms with E-state index < -0.39 is 0 Å². The number of carbonyl (C=O) groups is 1. The van der Waals surface area contributed by atoms with E-state index in [-0.39, 0.29) is 12.5 Å². The number of carbonyl (C=O) groups excluding carboxylic acids is 1. The zero-order chi connectivity index (χ0) is 15.0. The van der Waals surface area contributed by atoms with Crippen molar-refractivity contribution in [3.05, 3.63) is 36.9 Å². The standard InChI is InChI=1S/C15H21N3O2/c1-5-10-20-11-15(19)17-14-9-7-6-8-13(14)16-12(2)18(3)4/h5-9H,1,10-11H2,2-4H3,(H,17,19)/b16-12+. The van der Waals surface area contributed by atoms with Gasteiger partial charge in [0.25, 0.3) is 0 Å². The van der Waals surface area contributed by atoms with Gasteiger partial charge in [0.1, 0.15) is 12.4 Å². The van der Waals surface area contributed by atoms with Gasteiger partial charge in [0.15, 0.2) is 0 Å². The lowest BCUT2D eigenvalue weighted by molar-refractivity contribution is -0.120. The van der Waals surface area contributed by atoms with Gasteiger partial charge in [-0.15, -0.1) is 6.58 Å². The van der Waals surface area contributed by atoms with Crippen molar-refractivity contribution in [3.8, 4) is 0 Å². The summed E-state index contributed by atoms with van der Waals surface area (Å²) in [7, 11) is 3.84. The molecular formula is C15H21N3O2. The third-order valence-electron chi connectivity index (χ3n) is 2.58. The van der Waals surface area contributed by atoms with Gasteiger partial charge in [0, 0.05) is 14.1 Å². The Morgan fingerprint density at radius 3 is 2.80 bits per heavy atom. The van der Waals surface area contributed by atoms with Crippen molar-refractivity contribution in [3.63, 3.8) is 0 Å². The van der Waals surface area contributed by atoms with Gasteiger partial charge in [-0.25, -0.2) is 4.99 Å². The number of hydrogen-bond acceptors (Lipinski definition) is 3. The van der Waals surface area contributed by atoms with E-state index in [1.165, 1.54) is 0 Å². The Balaban J connectivity index is 2.78. The molecule has 0 atom stereocenters. The molecule has 1 N–H and O–H groups in total. The minimum atomic E-state index is -0.211. The number of nitrogens with zero attached hydrogens (tertiary/aromatic N) is 2. The normalized spacial score (nSPS) is 11.1. The maximum absolute atomic E-state index is 11.7. The van der Waals surface area contributed by atoms with Crippen molar-refractivity contribution in [1.29, 1.82) is 0 Å². The van der Waals surface area contributed by atoms with Crippen LogP contribution in [-0.2, 0) is 9.53 Å². The molecule has 1 aromatic rings. The Bertz CT molecular complexity index is 496. The van der Waals surface area contributed by atoms with E-state index in [1.807, 2.05) is 50.2 Å². The monoisotopic (exact) mass is 275 g/mol. The Kier molecular flexibility index (Phi) is 6.46. The van der Waals surface area contributed by atoms with Crippen molar-refractivity contribution in [1.82, 2.24) is 4.90 Å². The summed E-state index contributed by atoms with van der Waals surface area (Å²) in [6.45, 7) is 5.79. The second-order valence-electron chi connectivity index (χ2n) is 4.42. The summed E-state index contributed by atoms with van der Waals surface area (Å²) in [5.41, 5.74) is 1.39. The molecule has 0 saturated heterocycles. The van der Waals surface area contributed by atoms with Gasteiger partial charge < -0.3 is 15.0 Å². The smallest absolute Gasteiger partial charge is 0.250 e. The summed E-state index contributed by atoms with van der Waals surface area (Å²) >= 11 is 0. The SMILES string of the molecule is C=CCOCC(=O)Nc1ccccc1/N=C(\C)N(C)C. The minimum absolute atomic E-state index is 0.00324. The molecule has 5 nitrogen and oxygen atoms in total. The molecule has 0 saturated carbocycles. The zero-order valence-corrected chi connectivity index (χ0v) is 12.2. The molecule has 1 rings (SSSR count). The Hall–Kier alpha value is -2.14. The third kappa shape index (κ3) is 5.24. The van der Waals surface area contributed by atoms with E-state index in [4.69, 9.17) is 4.74 Å². The van der Waals surface area contributed by atoms with Crippen molar-refractivity contribution in [2.45, 2.75) is 6.92 Å². The number of amides is 1. The van der Waals surface area contributed by atoms with E-state index >= 15 is 0 Å². The van der Waals surface area contributed by atoms with E-state index in [0.717, 1.165) is 11.5 Å². The lowest BCUT2D eigenvalue weighted by Crippen LogP contribution is -2.19. The molecule has 0 aliphatic carbocycles. The number of amidine groups is 1. The molecule has 0 aliphatic rings. The first-order valence-corrected chi connectivity index (χ1v) is 6.34. The highest BCUT2D eigenvalue weighted by Crippen LogP contribution is 2.24. The summed E-state index contributed by atoms with van der Waals surface area (Å²) in [6.07, 6.45) is 1.60. The predicted octanol–water partition coefficient (Wildman–Crippen LogP) is 2.44. The molecular weight excluding hydrogens is 254 g/mol. The highest BCUT2D eigenvalue weighted by molar-refractivity contribution is 5.95. The third-order valence-corrected chi connectivity index (χ3v) is 2.58. The number of nitrogens with one attached hydrogen (secondary N) is 1. The van der Waals surface area contributed by atoms with Crippen LogP contribution in [0.3, 0.4) is 0 Å². The van der Waals surface area contributed by atoms with Gasteiger partial charge in [-0.3, -0.25) is 4.79 Å². The lowest BCUT2D eigenvalue weighted by atomic mass is 10.2. The molecule has 0 radical (unpaired) electrons. The molecule has 0 fully saturated rings. The number of aliphatic imine (C=N–C) groups is 1. The van der Waals surface area contributed by atoms with Crippen LogP contribution in [-0.4, -0.2) is 44.0 Å². The van der Waals surface area contributed by atoms with Gasteiger partial charge in [-0.1, -0.05) is 18.2 Å². The van der Waals surface area contributed by atoms with Crippen LogP contribution >= 0.6 is 0 Å². The van der Waals surface area contributed by atoms with Gasteiger partial charge in [-0.05, 0) is 19.1 Å². The maximum Gasteiger partial charge on any atom is 0.250 e. The molecule has 0 bridgehead atoms. The molecule has 5 heteroatoms. The van der Waals surface area contributed by atoms with Crippen molar-refractivity contribution < 1.29 is 9.53 Å². The number of para-hydroxylation sites is 2. The fourth-order valence-corrected chi connectivity index (χ4v) is 1.37. The van der Waals surface area contributed by atoms with E-state index in [2.05, 4.69) is 16.9 Å². The van der Waals surface area contributed by atoms with Crippen LogP contribution < -0.4 is 5.32 Å². The van der Waals surface area contributed by atoms with E-state index in [1.54, 1.807) is 6.08 Å². The lowest BCUT2D eigenvalue weighted by Gasteiger charge is -2.13. The van der Waals surface area contributed by atoms with Crippen molar-refractivity contribution in [2.24, 2.45) is 4.99 Å². The molecule has 20 heavy (non-hydrogen) atoms. The summed E-state index contributed by atoms with van der Waals surface area (Å²) < 4.78 is 5.10. The minimum Gasteiger partial charge on any atom is -0.368 e. The van der Waals surface area contributed by atoms with E-state index in [0.29, 0.717) is 12.3 Å². The molecule has 108 valence electrons. The summed E-state index contributed by atoms with van der Waals surface area (Å²) in [5, 5.41) is 2.79. The number of benzene rings is 1. The maximum atomic E-state index is 11.7. The first kappa shape index (κ1) is 15.9. The predicted molar refractivity (Wildman–Crippen MR) is 82.5 cm³/mol. The summed E-state index contributed by atoms with van der Waals surface area (Å²) in [6, 6.07) is 7.40. The highest BCUT2D eigenvalue weighted by Gasteiger charge is 2.06. The van der Waals surface area contributed by atoms with Gasteiger partial charge >= 0.3 is 0 Å². The molecule has 0 heterocycles.